The summed E-state index contributed by atoms with van der Waals surface area (Å²) in [5.74, 6) is -0.239. The summed E-state index contributed by atoms with van der Waals surface area (Å²) in [5, 5.41) is 4.57. The topological polar surface area (TPSA) is 61.8 Å². The van der Waals surface area contributed by atoms with Crippen LogP contribution in [0.5, 0.6) is 0 Å². The molecule has 0 aromatic carbocycles. The van der Waals surface area contributed by atoms with Crippen LogP contribution in [0.2, 0.25) is 0 Å². The number of imide groups is 1. The predicted molar refractivity (Wildman–Crippen MR) is 72.5 cm³/mol. The van der Waals surface area contributed by atoms with Crippen LogP contribution in [0.25, 0.3) is 0 Å². The van der Waals surface area contributed by atoms with Crippen LogP contribution in [0, 0.1) is 0 Å². The fourth-order valence-electron chi connectivity index (χ4n) is 2.17. The lowest BCUT2D eigenvalue weighted by Gasteiger charge is -2.28. The Kier molecular flexibility index (Phi) is 4.27. The van der Waals surface area contributed by atoms with Crippen LogP contribution in [0.3, 0.4) is 0 Å². The minimum atomic E-state index is -0.292. The van der Waals surface area contributed by atoms with Gasteiger partial charge in [-0.15, -0.1) is 0 Å². The molecule has 2 rings (SSSR count). The maximum atomic E-state index is 11.9. The Bertz CT molecular complexity index is 384. The van der Waals surface area contributed by atoms with E-state index in [-0.39, 0.29) is 17.9 Å². The van der Waals surface area contributed by atoms with Crippen molar-refractivity contribution in [3.63, 3.8) is 0 Å². The molecular weight excluding hydrogens is 250 g/mol. The Morgan fingerprint density at radius 3 is 3.00 bits per heavy atom. The second-order valence-electron chi connectivity index (χ2n) is 4.70. The smallest absolute Gasteiger partial charge is 0.251 e. The van der Waals surface area contributed by atoms with Gasteiger partial charge in [0, 0.05) is 18.7 Å². The van der Waals surface area contributed by atoms with Crippen molar-refractivity contribution in [3.8, 4) is 0 Å². The number of carbonyl (C=O) groups excluding carboxylic acids is 2. The fourth-order valence-corrected chi connectivity index (χ4v) is 3.35. The third-order valence-electron chi connectivity index (χ3n) is 3.27. The van der Waals surface area contributed by atoms with Crippen molar-refractivity contribution in [2.24, 2.45) is 4.99 Å². The molecule has 1 saturated heterocycles. The SMILES string of the molecule is CCCC1CN=C(NC2CCC(=O)N(C)C2=O)S1. The maximum Gasteiger partial charge on any atom is 0.251 e. The molecule has 1 fully saturated rings. The number of thioether (sulfide) groups is 1. The van der Waals surface area contributed by atoms with E-state index >= 15 is 0 Å². The molecule has 0 aromatic rings. The lowest BCUT2D eigenvalue weighted by atomic mass is 10.1. The number of likely N-dealkylation sites (N-methyl/N-ethyl adjacent to an activating group) is 1. The van der Waals surface area contributed by atoms with Crippen molar-refractivity contribution in [2.45, 2.75) is 43.9 Å². The normalized spacial score (nSPS) is 28.6. The number of amidine groups is 1. The van der Waals surface area contributed by atoms with Crippen molar-refractivity contribution >= 4 is 28.7 Å². The first-order chi connectivity index (χ1) is 8.61. The van der Waals surface area contributed by atoms with Crippen LogP contribution in [0.15, 0.2) is 4.99 Å². The number of likely N-dealkylation sites (tertiary alicyclic amines) is 1. The summed E-state index contributed by atoms with van der Waals surface area (Å²) < 4.78 is 0. The second kappa shape index (κ2) is 5.73. The maximum absolute atomic E-state index is 11.9. The van der Waals surface area contributed by atoms with Crippen molar-refractivity contribution in [1.82, 2.24) is 10.2 Å². The molecule has 2 atom stereocenters. The average molecular weight is 269 g/mol. The summed E-state index contributed by atoms with van der Waals surface area (Å²) in [6.07, 6.45) is 3.30. The van der Waals surface area contributed by atoms with Gasteiger partial charge < -0.3 is 5.32 Å². The van der Waals surface area contributed by atoms with Gasteiger partial charge in [0.25, 0.3) is 5.91 Å². The van der Waals surface area contributed by atoms with Crippen LogP contribution in [0.4, 0.5) is 0 Å². The van der Waals surface area contributed by atoms with Gasteiger partial charge in [-0.2, -0.15) is 0 Å². The van der Waals surface area contributed by atoms with Gasteiger partial charge in [0.15, 0.2) is 5.17 Å². The number of aliphatic imine (C=N–C) groups is 1. The van der Waals surface area contributed by atoms with Crippen LogP contribution in [-0.2, 0) is 9.59 Å². The zero-order valence-electron chi connectivity index (χ0n) is 10.8. The minimum Gasteiger partial charge on any atom is -0.353 e. The van der Waals surface area contributed by atoms with Gasteiger partial charge in [0.2, 0.25) is 5.91 Å². The summed E-state index contributed by atoms with van der Waals surface area (Å²) in [6, 6.07) is -0.292. The molecule has 0 aliphatic carbocycles. The number of hydrogen-bond donors (Lipinski definition) is 1. The zero-order chi connectivity index (χ0) is 13.1. The number of amides is 2. The van der Waals surface area contributed by atoms with E-state index in [0.29, 0.717) is 18.1 Å². The third-order valence-corrected chi connectivity index (χ3v) is 4.46. The summed E-state index contributed by atoms with van der Waals surface area (Å²) >= 11 is 1.72. The molecule has 100 valence electrons. The number of rotatable bonds is 3. The average Bonchev–Trinajstić information content (AvgIpc) is 2.78. The Labute approximate surface area is 111 Å². The molecule has 0 spiro atoms. The Balaban J connectivity index is 1.87. The monoisotopic (exact) mass is 269 g/mol. The van der Waals surface area contributed by atoms with E-state index in [4.69, 9.17) is 0 Å². The highest BCUT2D eigenvalue weighted by Crippen LogP contribution is 2.24. The number of piperidine rings is 1. The van der Waals surface area contributed by atoms with Gasteiger partial charge in [0.05, 0.1) is 6.54 Å². The molecule has 2 aliphatic heterocycles. The molecule has 6 heteroatoms. The highest BCUT2D eigenvalue weighted by atomic mass is 32.2. The first kappa shape index (κ1) is 13.4. The Morgan fingerprint density at radius 1 is 1.50 bits per heavy atom. The summed E-state index contributed by atoms with van der Waals surface area (Å²) in [5.41, 5.74) is 0. The van der Waals surface area contributed by atoms with Gasteiger partial charge in [0.1, 0.15) is 6.04 Å². The predicted octanol–water partition coefficient (Wildman–Crippen LogP) is 0.995. The fraction of sp³-hybridized carbons (Fsp3) is 0.750. The molecule has 2 unspecified atom stereocenters. The molecule has 2 amide bonds. The third kappa shape index (κ3) is 2.85. The van der Waals surface area contributed by atoms with Crippen molar-refractivity contribution in [2.75, 3.05) is 13.6 Å². The van der Waals surface area contributed by atoms with E-state index < -0.39 is 0 Å². The quantitative estimate of drug-likeness (QED) is 0.776. The zero-order valence-corrected chi connectivity index (χ0v) is 11.6. The standard InChI is InChI=1S/C12H19N3O2S/c1-3-4-8-7-13-12(18-8)14-9-5-6-10(16)15(2)11(9)17/h8-9H,3-7H2,1-2H3,(H,13,14). The molecule has 18 heavy (non-hydrogen) atoms. The van der Waals surface area contributed by atoms with Crippen LogP contribution < -0.4 is 5.32 Å². The van der Waals surface area contributed by atoms with Crippen LogP contribution >= 0.6 is 11.8 Å². The van der Waals surface area contributed by atoms with Gasteiger partial charge in [-0.3, -0.25) is 19.5 Å². The molecule has 5 nitrogen and oxygen atoms in total. The summed E-state index contributed by atoms with van der Waals surface area (Å²) in [4.78, 5) is 28.9. The van der Waals surface area contributed by atoms with E-state index in [2.05, 4.69) is 17.2 Å². The van der Waals surface area contributed by atoms with Gasteiger partial charge in [-0.05, 0) is 12.8 Å². The first-order valence-electron chi connectivity index (χ1n) is 6.40. The summed E-state index contributed by atoms with van der Waals surface area (Å²) in [6.45, 7) is 2.99. The minimum absolute atomic E-state index is 0.0945. The number of hydrogen-bond acceptors (Lipinski definition) is 5. The van der Waals surface area contributed by atoms with Crippen molar-refractivity contribution < 1.29 is 9.59 Å². The van der Waals surface area contributed by atoms with Gasteiger partial charge in [-0.25, -0.2) is 0 Å². The lowest BCUT2D eigenvalue weighted by Crippen LogP contribution is -2.52. The van der Waals surface area contributed by atoms with E-state index in [1.54, 1.807) is 18.8 Å². The second-order valence-corrected chi connectivity index (χ2v) is 5.99. The van der Waals surface area contributed by atoms with Crippen LogP contribution in [-0.4, -0.2) is 46.8 Å². The van der Waals surface area contributed by atoms with Crippen molar-refractivity contribution in [3.05, 3.63) is 0 Å². The molecule has 0 bridgehead atoms. The summed E-state index contributed by atoms with van der Waals surface area (Å²) in [7, 11) is 1.54. The van der Waals surface area contributed by atoms with E-state index in [1.807, 2.05) is 0 Å². The van der Waals surface area contributed by atoms with Gasteiger partial charge in [-0.1, -0.05) is 25.1 Å². The number of carbonyl (C=O) groups is 2. The molecule has 2 heterocycles. The molecule has 0 aromatic heterocycles. The molecule has 2 aliphatic rings. The Hall–Kier alpha value is -1.04. The van der Waals surface area contributed by atoms with Crippen LogP contribution in [0.1, 0.15) is 32.6 Å². The van der Waals surface area contributed by atoms with E-state index in [9.17, 15) is 9.59 Å². The van der Waals surface area contributed by atoms with Crippen molar-refractivity contribution in [1.29, 1.82) is 0 Å². The highest BCUT2D eigenvalue weighted by Gasteiger charge is 2.33. The van der Waals surface area contributed by atoms with Gasteiger partial charge >= 0.3 is 0 Å². The van der Waals surface area contributed by atoms with E-state index in [1.165, 1.54) is 4.90 Å². The molecule has 0 radical (unpaired) electrons. The first-order valence-corrected chi connectivity index (χ1v) is 7.27. The van der Waals surface area contributed by atoms with E-state index in [0.717, 1.165) is 24.6 Å². The molecule has 1 N–H and O–H groups in total. The molecule has 0 saturated carbocycles. The molecular formula is C12H19N3O2S. The highest BCUT2D eigenvalue weighted by molar-refractivity contribution is 8.14. The lowest BCUT2D eigenvalue weighted by molar-refractivity contribution is -0.147. The number of nitrogens with zero attached hydrogens (tertiary/aromatic N) is 2. The largest absolute Gasteiger partial charge is 0.353 e. The Morgan fingerprint density at radius 2 is 2.28 bits per heavy atom. The number of nitrogens with one attached hydrogen (secondary N) is 1.